The second-order valence-electron chi connectivity index (χ2n) is 6.94. The minimum atomic E-state index is -0.959. The average molecular weight is 447 g/mol. The molecule has 1 amide bonds. The number of benzene rings is 3. The third kappa shape index (κ3) is 5.25. The van der Waals surface area contributed by atoms with Crippen LogP contribution in [0.2, 0.25) is 0 Å². The van der Waals surface area contributed by atoms with Crippen molar-refractivity contribution in [1.82, 2.24) is 10.3 Å². The molecule has 0 spiro atoms. The van der Waals surface area contributed by atoms with Gasteiger partial charge in [0.15, 0.2) is 6.04 Å². The monoisotopic (exact) mass is 446 g/mol. The Kier molecular flexibility index (Phi) is 6.67. The molecule has 7 heteroatoms. The first-order valence-electron chi connectivity index (χ1n) is 9.88. The van der Waals surface area contributed by atoms with E-state index in [4.69, 9.17) is 4.74 Å². The molecule has 0 aliphatic heterocycles. The summed E-state index contributed by atoms with van der Waals surface area (Å²) in [5.41, 5.74) is 2.42. The van der Waals surface area contributed by atoms with Gasteiger partial charge in [-0.1, -0.05) is 48.5 Å². The molecule has 160 valence electrons. The molecule has 0 bridgehead atoms. The molecule has 0 aliphatic carbocycles. The van der Waals surface area contributed by atoms with Gasteiger partial charge in [-0.05, 0) is 42.0 Å². The number of rotatable bonds is 7. The Morgan fingerprint density at radius 2 is 1.59 bits per heavy atom. The van der Waals surface area contributed by atoms with E-state index >= 15 is 0 Å². The zero-order chi connectivity index (χ0) is 22.3. The minimum Gasteiger partial charge on any atom is -0.457 e. The Morgan fingerprint density at radius 1 is 0.938 bits per heavy atom. The molecule has 32 heavy (non-hydrogen) atoms. The predicted octanol–water partition coefficient (Wildman–Crippen LogP) is 5.16. The van der Waals surface area contributed by atoms with Crippen molar-refractivity contribution < 1.29 is 18.7 Å². The zero-order valence-electron chi connectivity index (χ0n) is 16.9. The Labute approximate surface area is 188 Å². The first kappa shape index (κ1) is 21.4. The maximum Gasteiger partial charge on any atom is 0.333 e. The van der Waals surface area contributed by atoms with Crippen molar-refractivity contribution in [2.75, 3.05) is 0 Å². The number of thiazole rings is 1. The fraction of sp³-hybridized carbons (Fsp3) is 0.0800. The highest BCUT2D eigenvalue weighted by Crippen LogP contribution is 2.24. The summed E-state index contributed by atoms with van der Waals surface area (Å²) < 4.78 is 18.6. The molecule has 0 radical (unpaired) electrons. The molecule has 4 rings (SSSR count). The summed E-state index contributed by atoms with van der Waals surface area (Å²) >= 11 is 1.38. The first-order chi connectivity index (χ1) is 15.6. The summed E-state index contributed by atoms with van der Waals surface area (Å²) in [4.78, 5) is 30.0. The van der Waals surface area contributed by atoms with E-state index in [1.165, 1.54) is 23.5 Å². The van der Waals surface area contributed by atoms with Gasteiger partial charge in [0.05, 0.1) is 5.69 Å². The van der Waals surface area contributed by atoms with Crippen molar-refractivity contribution in [2.24, 2.45) is 0 Å². The molecule has 1 N–H and O–H groups in total. The van der Waals surface area contributed by atoms with E-state index in [9.17, 15) is 14.0 Å². The largest absolute Gasteiger partial charge is 0.457 e. The molecule has 0 aliphatic rings. The van der Waals surface area contributed by atoms with Crippen LogP contribution in [0.1, 0.15) is 27.7 Å². The predicted molar refractivity (Wildman–Crippen MR) is 120 cm³/mol. The number of ether oxygens (including phenoxy) is 1. The van der Waals surface area contributed by atoms with Gasteiger partial charge in [-0.15, -0.1) is 11.3 Å². The second-order valence-corrected chi connectivity index (χ2v) is 7.80. The highest BCUT2D eigenvalue weighted by atomic mass is 32.1. The molecule has 1 unspecified atom stereocenters. The van der Waals surface area contributed by atoms with Crippen LogP contribution in [0.15, 0.2) is 90.3 Å². The second kappa shape index (κ2) is 9.98. The van der Waals surface area contributed by atoms with Gasteiger partial charge < -0.3 is 10.1 Å². The maximum absolute atomic E-state index is 13.1. The number of aromatic nitrogens is 1. The number of halogens is 1. The van der Waals surface area contributed by atoms with Crippen LogP contribution in [-0.4, -0.2) is 16.9 Å². The summed E-state index contributed by atoms with van der Waals surface area (Å²) in [6.45, 7) is -0.0406. The van der Waals surface area contributed by atoms with Gasteiger partial charge in [0, 0.05) is 16.5 Å². The first-order valence-corrected chi connectivity index (χ1v) is 10.8. The average Bonchev–Trinajstić information content (AvgIpc) is 3.31. The SMILES string of the molecule is O=C(NC(C(=O)OCc1csc(-c2ccc(F)cc2)n1)c1ccccc1)c1ccccc1. The molecule has 4 aromatic rings. The smallest absolute Gasteiger partial charge is 0.333 e. The third-order valence-corrected chi connectivity index (χ3v) is 5.63. The minimum absolute atomic E-state index is 0.0406. The molecular weight excluding hydrogens is 427 g/mol. The summed E-state index contributed by atoms with van der Waals surface area (Å²) in [5, 5.41) is 5.24. The summed E-state index contributed by atoms with van der Waals surface area (Å²) in [6.07, 6.45) is 0. The van der Waals surface area contributed by atoms with E-state index in [1.54, 1.807) is 66.0 Å². The Morgan fingerprint density at radius 3 is 2.28 bits per heavy atom. The van der Waals surface area contributed by atoms with Crippen molar-refractivity contribution in [3.05, 3.63) is 113 Å². The normalized spacial score (nSPS) is 11.5. The Balaban J connectivity index is 1.46. The maximum atomic E-state index is 13.1. The zero-order valence-corrected chi connectivity index (χ0v) is 17.7. The van der Waals surface area contributed by atoms with Crippen molar-refractivity contribution >= 4 is 23.2 Å². The number of amides is 1. The molecule has 0 saturated carbocycles. The van der Waals surface area contributed by atoms with Crippen LogP contribution in [0.25, 0.3) is 10.6 Å². The fourth-order valence-corrected chi connectivity index (χ4v) is 3.87. The number of nitrogens with one attached hydrogen (secondary N) is 1. The lowest BCUT2D eigenvalue weighted by atomic mass is 10.1. The van der Waals surface area contributed by atoms with Gasteiger partial charge in [0.1, 0.15) is 17.4 Å². The topological polar surface area (TPSA) is 68.3 Å². The van der Waals surface area contributed by atoms with E-state index in [0.29, 0.717) is 21.8 Å². The van der Waals surface area contributed by atoms with Crippen LogP contribution >= 0.6 is 11.3 Å². The molecule has 0 fully saturated rings. The molecule has 1 aromatic heterocycles. The van der Waals surface area contributed by atoms with Crippen LogP contribution in [0.4, 0.5) is 4.39 Å². The highest BCUT2D eigenvalue weighted by molar-refractivity contribution is 7.13. The van der Waals surface area contributed by atoms with Gasteiger partial charge in [-0.25, -0.2) is 14.2 Å². The Hall–Kier alpha value is -3.84. The van der Waals surface area contributed by atoms with Gasteiger partial charge in [0.25, 0.3) is 5.91 Å². The third-order valence-electron chi connectivity index (χ3n) is 4.69. The van der Waals surface area contributed by atoms with E-state index in [-0.39, 0.29) is 18.3 Å². The highest BCUT2D eigenvalue weighted by Gasteiger charge is 2.25. The lowest BCUT2D eigenvalue weighted by Crippen LogP contribution is -2.34. The number of nitrogens with zero attached hydrogens (tertiary/aromatic N) is 1. The standard InChI is InChI=1S/C25H19FN2O3S/c26-20-13-11-19(12-14-20)24-27-21(16-32-24)15-31-25(30)22(17-7-3-1-4-8-17)28-23(29)18-9-5-2-6-10-18/h1-14,16,22H,15H2,(H,28,29). The van der Waals surface area contributed by atoms with Crippen LogP contribution in [0.5, 0.6) is 0 Å². The van der Waals surface area contributed by atoms with Crippen molar-refractivity contribution in [3.63, 3.8) is 0 Å². The fourth-order valence-electron chi connectivity index (χ4n) is 3.05. The lowest BCUT2D eigenvalue weighted by Gasteiger charge is -2.18. The molecule has 5 nitrogen and oxygen atoms in total. The number of carbonyl (C=O) groups is 2. The number of esters is 1. The van der Waals surface area contributed by atoms with E-state index < -0.39 is 12.0 Å². The van der Waals surface area contributed by atoms with E-state index in [2.05, 4.69) is 10.3 Å². The molecule has 1 heterocycles. The van der Waals surface area contributed by atoms with Crippen LogP contribution in [0.3, 0.4) is 0 Å². The van der Waals surface area contributed by atoms with Gasteiger partial charge in [-0.3, -0.25) is 4.79 Å². The van der Waals surface area contributed by atoms with Crippen molar-refractivity contribution in [1.29, 1.82) is 0 Å². The van der Waals surface area contributed by atoms with E-state index in [0.717, 1.165) is 5.56 Å². The molecule has 3 aromatic carbocycles. The van der Waals surface area contributed by atoms with Gasteiger partial charge in [-0.2, -0.15) is 0 Å². The van der Waals surface area contributed by atoms with Gasteiger partial charge in [0.2, 0.25) is 0 Å². The van der Waals surface area contributed by atoms with Gasteiger partial charge >= 0.3 is 5.97 Å². The van der Waals surface area contributed by atoms with Crippen molar-refractivity contribution in [3.8, 4) is 10.6 Å². The summed E-state index contributed by atoms with van der Waals surface area (Å²) in [6, 6.07) is 22.7. The summed E-state index contributed by atoms with van der Waals surface area (Å²) in [5.74, 6) is -1.27. The van der Waals surface area contributed by atoms with E-state index in [1.807, 2.05) is 12.1 Å². The summed E-state index contributed by atoms with van der Waals surface area (Å²) in [7, 11) is 0. The number of hydrogen-bond donors (Lipinski definition) is 1. The lowest BCUT2D eigenvalue weighted by molar-refractivity contribution is -0.147. The van der Waals surface area contributed by atoms with Crippen LogP contribution in [0, 0.1) is 5.82 Å². The Bertz CT molecular complexity index is 1190. The van der Waals surface area contributed by atoms with Crippen LogP contribution < -0.4 is 5.32 Å². The number of carbonyl (C=O) groups excluding carboxylic acids is 2. The van der Waals surface area contributed by atoms with Crippen molar-refractivity contribution in [2.45, 2.75) is 12.6 Å². The quantitative estimate of drug-likeness (QED) is 0.398. The molecule has 0 saturated heterocycles. The van der Waals surface area contributed by atoms with Crippen LogP contribution in [-0.2, 0) is 16.1 Å². The number of hydrogen-bond acceptors (Lipinski definition) is 5. The molecular formula is C25H19FN2O3S. The molecule has 1 atom stereocenters.